The highest BCUT2D eigenvalue weighted by molar-refractivity contribution is 6.20. The predicted octanol–water partition coefficient (Wildman–Crippen LogP) is 2.39. The van der Waals surface area contributed by atoms with Crippen LogP contribution in [-0.4, -0.2) is 10.6 Å². The normalized spacial score (nSPS) is 11.3. The smallest absolute Gasteiger partial charge is 0.415 e. The van der Waals surface area contributed by atoms with Crippen LogP contribution in [0.25, 0.3) is 0 Å². The van der Waals surface area contributed by atoms with Gasteiger partial charge in [0.1, 0.15) is 0 Å². The van der Waals surface area contributed by atoms with Gasteiger partial charge in [0.2, 0.25) is 0 Å². The van der Waals surface area contributed by atoms with Gasteiger partial charge < -0.3 is 4.74 Å². The van der Waals surface area contributed by atoms with Crippen LogP contribution in [0, 0.1) is 5.95 Å². The molecule has 2 nitrogen and oxygen atoms in total. The van der Waals surface area contributed by atoms with E-state index in [-0.39, 0.29) is 0 Å². The van der Waals surface area contributed by atoms with Gasteiger partial charge in [-0.2, -0.15) is 4.39 Å². The largest absolute Gasteiger partial charge is 0.487 e. The minimum Gasteiger partial charge on any atom is -0.415 e. The van der Waals surface area contributed by atoms with Crippen LogP contribution >= 0.6 is 11.6 Å². The van der Waals surface area contributed by atoms with Crippen molar-refractivity contribution in [1.82, 2.24) is 4.98 Å². The Morgan fingerprint density at radius 3 is 2.67 bits per heavy atom. The Bertz CT molecular complexity index is 276. The molecule has 0 spiro atoms. The third kappa shape index (κ3) is 2.58. The van der Waals surface area contributed by atoms with E-state index in [9.17, 15) is 13.2 Å². The molecule has 0 bridgehead atoms. The van der Waals surface area contributed by atoms with Crippen molar-refractivity contribution in [2.75, 3.05) is 0 Å². The average molecular weight is 198 g/mol. The van der Waals surface area contributed by atoms with Gasteiger partial charge in [-0.3, -0.25) is 0 Å². The number of halogens is 4. The number of rotatable bonds is 2. The fourth-order valence-electron chi connectivity index (χ4n) is 0.572. The quantitative estimate of drug-likeness (QED) is 0.537. The van der Waals surface area contributed by atoms with Gasteiger partial charge in [-0.1, -0.05) is 0 Å². The molecule has 0 atom stereocenters. The summed E-state index contributed by atoms with van der Waals surface area (Å²) in [5.74, 6) is -1.81. The van der Waals surface area contributed by atoms with Gasteiger partial charge in [0, 0.05) is 17.8 Å². The topological polar surface area (TPSA) is 22.1 Å². The molecule has 0 radical (unpaired) electrons. The molecule has 0 aliphatic carbocycles. The summed E-state index contributed by atoms with van der Waals surface area (Å²) in [6, 6.07) is 2.25. The van der Waals surface area contributed by atoms with Crippen molar-refractivity contribution in [3.05, 3.63) is 24.3 Å². The van der Waals surface area contributed by atoms with Crippen molar-refractivity contribution >= 4 is 11.6 Å². The fraction of sp³-hybridized carbons (Fsp3) is 0.167. The first-order valence-corrected chi connectivity index (χ1v) is 3.23. The number of pyridine rings is 1. The summed E-state index contributed by atoms with van der Waals surface area (Å²) in [6.45, 7) is 0. The van der Waals surface area contributed by atoms with Crippen molar-refractivity contribution in [2.24, 2.45) is 0 Å². The Hall–Kier alpha value is -0.970. The van der Waals surface area contributed by atoms with Crippen molar-refractivity contribution in [2.45, 2.75) is 5.57 Å². The molecule has 0 aromatic carbocycles. The van der Waals surface area contributed by atoms with Crippen LogP contribution in [0.2, 0.25) is 0 Å². The van der Waals surface area contributed by atoms with Gasteiger partial charge in [0.05, 0.1) is 0 Å². The number of ether oxygens (including phenoxy) is 1. The van der Waals surface area contributed by atoms with Gasteiger partial charge in [0.15, 0.2) is 5.75 Å². The molecule has 0 saturated carbocycles. The summed E-state index contributed by atoms with van der Waals surface area (Å²) >= 11 is 4.39. The zero-order chi connectivity index (χ0) is 9.19. The molecule has 6 heteroatoms. The number of alkyl halides is 3. The number of aromatic nitrogens is 1. The lowest BCUT2D eigenvalue weighted by atomic mass is 10.4. The Labute approximate surface area is 70.9 Å². The summed E-state index contributed by atoms with van der Waals surface area (Å²) in [6.07, 6.45) is 1.11. The lowest BCUT2D eigenvalue weighted by Crippen LogP contribution is -2.16. The molecule has 0 saturated heterocycles. The highest BCUT2D eigenvalue weighted by Gasteiger charge is 2.29. The number of hydrogen-bond donors (Lipinski definition) is 0. The zero-order valence-electron chi connectivity index (χ0n) is 5.60. The maximum absolute atomic E-state index is 12.5. The molecule has 66 valence electrons. The van der Waals surface area contributed by atoms with E-state index in [1.807, 2.05) is 0 Å². The molecule has 0 aliphatic rings. The molecule has 1 rings (SSSR count). The van der Waals surface area contributed by atoms with E-state index in [1.165, 1.54) is 6.07 Å². The second-order valence-electron chi connectivity index (χ2n) is 1.84. The average Bonchev–Trinajstić information content (AvgIpc) is 1.91. The van der Waals surface area contributed by atoms with E-state index in [2.05, 4.69) is 21.3 Å². The number of nitrogens with zero attached hydrogens (tertiary/aromatic N) is 1. The third-order valence-electron chi connectivity index (χ3n) is 0.951. The second-order valence-corrected chi connectivity index (χ2v) is 2.28. The summed E-state index contributed by atoms with van der Waals surface area (Å²) in [4.78, 5) is 3.08. The van der Waals surface area contributed by atoms with E-state index < -0.39 is 17.3 Å². The molecule has 1 aromatic heterocycles. The van der Waals surface area contributed by atoms with Crippen molar-refractivity contribution in [3.8, 4) is 5.75 Å². The first-order chi connectivity index (χ1) is 5.49. The molecule has 0 amide bonds. The Balaban J connectivity index is 2.83. The molecular formula is C6H3ClF3NO. The molecule has 0 fully saturated rings. The second kappa shape index (κ2) is 3.18. The van der Waals surface area contributed by atoms with Gasteiger partial charge in [-0.05, 0) is 12.1 Å². The lowest BCUT2D eigenvalue weighted by Gasteiger charge is -2.09. The molecular weight excluding hydrogens is 195 g/mol. The molecule has 0 unspecified atom stereocenters. The summed E-state index contributed by atoms with van der Waals surface area (Å²) in [5, 5.41) is 0. The Kier molecular flexibility index (Phi) is 2.42. The van der Waals surface area contributed by atoms with Gasteiger partial charge >= 0.3 is 5.57 Å². The van der Waals surface area contributed by atoms with Crippen LogP contribution in [0.5, 0.6) is 5.75 Å². The molecule has 0 N–H and O–H groups in total. The van der Waals surface area contributed by atoms with E-state index in [0.717, 1.165) is 12.3 Å². The summed E-state index contributed by atoms with van der Waals surface area (Å²) < 4.78 is 40.1. The van der Waals surface area contributed by atoms with Crippen LogP contribution in [0.1, 0.15) is 0 Å². The molecule has 1 aromatic rings. The zero-order valence-corrected chi connectivity index (χ0v) is 6.36. The standard InChI is InChI=1S/C6H3ClF3NO/c7-6(9,10)12-4-2-1-3-11-5(4)8/h1-3H. The minimum absolute atomic E-state index is 0.683. The lowest BCUT2D eigenvalue weighted by molar-refractivity contribution is -0.0988. The first-order valence-electron chi connectivity index (χ1n) is 2.85. The van der Waals surface area contributed by atoms with E-state index in [1.54, 1.807) is 0 Å². The third-order valence-corrected chi connectivity index (χ3v) is 1.03. The summed E-state index contributed by atoms with van der Waals surface area (Å²) in [5.41, 5.74) is -3.91. The monoisotopic (exact) mass is 197 g/mol. The van der Waals surface area contributed by atoms with Gasteiger partial charge in [0.25, 0.3) is 5.95 Å². The van der Waals surface area contributed by atoms with Crippen LogP contribution in [0.3, 0.4) is 0 Å². The van der Waals surface area contributed by atoms with E-state index in [0.29, 0.717) is 0 Å². The number of hydrogen-bond acceptors (Lipinski definition) is 2. The molecule has 0 aliphatic heterocycles. The van der Waals surface area contributed by atoms with E-state index in [4.69, 9.17) is 0 Å². The highest BCUT2D eigenvalue weighted by Crippen LogP contribution is 2.25. The Morgan fingerprint density at radius 1 is 1.50 bits per heavy atom. The molecule has 12 heavy (non-hydrogen) atoms. The SMILES string of the molecule is Fc1ncccc1OC(F)(F)Cl. The van der Waals surface area contributed by atoms with Crippen LogP contribution in [0.15, 0.2) is 18.3 Å². The summed E-state index contributed by atoms with van der Waals surface area (Å²) in [7, 11) is 0. The fourth-order valence-corrected chi connectivity index (χ4v) is 0.655. The Morgan fingerprint density at radius 2 is 2.17 bits per heavy atom. The van der Waals surface area contributed by atoms with Crippen LogP contribution in [0.4, 0.5) is 13.2 Å². The van der Waals surface area contributed by atoms with E-state index >= 15 is 0 Å². The predicted molar refractivity (Wildman–Crippen MR) is 35.6 cm³/mol. The van der Waals surface area contributed by atoms with Crippen molar-refractivity contribution in [1.29, 1.82) is 0 Å². The first kappa shape index (κ1) is 9.12. The van der Waals surface area contributed by atoms with Gasteiger partial charge in [-0.15, -0.1) is 8.78 Å². The van der Waals surface area contributed by atoms with Gasteiger partial charge in [-0.25, -0.2) is 4.98 Å². The maximum Gasteiger partial charge on any atom is 0.487 e. The minimum atomic E-state index is -3.91. The highest BCUT2D eigenvalue weighted by atomic mass is 35.5. The molecule has 1 heterocycles. The van der Waals surface area contributed by atoms with Crippen LogP contribution < -0.4 is 4.74 Å². The van der Waals surface area contributed by atoms with Crippen LogP contribution in [-0.2, 0) is 0 Å². The van der Waals surface area contributed by atoms with Crippen molar-refractivity contribution < 1.29 is 17.9 Å². The van der Waals surface area contributed by atoms with Crippen molar-refractivity contribution in [3.63, 3.8) is 0 Å². The maximum atomic E-state index is 12.5.